The third-order valence-electron chi connectivity index (χ3n) is 3.27. The number of fused-ring (bicyclic) bond motifs is 3. The second-order valence-corrected chi connectivity index (χ2v) is 4.67. The summed E-state index contributed by atoms with van der Waals surface area (Å²) in [4.78, 5) is 11.4. The molecule has 0 unspecified atom stereocenters. The van der Waals surface area contributed by atoms with Crippen LogP contribution in [0.3, 0.4) is 0 Å². The first kappa shape index (κ1) is 11.3. The van der Waals surface area contributed by atoms with Crippen LogP contribution >= 0.6 is 11.6 Å². The van der Waals surface area contributed by atoms with Crippen LogP contribution in [-0.4, -0.2) is 11.1 Å². The molecular weight excluding hydrogens is 252 g/mol. The molecule has 0 aromatic heterocycles. The fourth-order valence-corrected chi connectivity index (χ4v) is 2.62. The molecule has 90 valence electrons. The molecule has 18 heavy (non-hydrogen) atoms. The standard InChI is InChI=1S/C14H9ClO3/c15-8-5-6-10-9-3-1-2-4-11(9)14(18,13(16)17)12(10)7-8/h1-7,18H,(H,16,17)/p-1/t14-/m1/s1. The quantitative estimate of drug-likeness (QED) is 0.840. The Balaban J connectivity index is 2.42. The molecule has 0 radical (unpaired) electrons. The molecule has 0 saturated heterocycles. The number of benzene rings is 2. The fraction of sp³-hybridized carbons (Fsp3) is 0.0714. The topological polar surface area (TPSA) is 60.4 Å². The third kappa shape index (κ3) is 1.26. The Morgan fingerprint density at radius 2 is 1.78 bits per heavy atom. The minimum Gasteiger partial charge on any atom is -0.546 e. The molecule has 1 N–H and O–H groups in total. The van der Waals surface area contributed by atoms with Gasteiger partial charge in [-0.1, -0.05) is 41.9 Å². The Bertz CT molecular complexity index is 666. The van der Waals surface area contributed by atoms with E-state index in [1.54, 1.807) is 36.4 Å². The highest BCUT2D eigenvalue weighted by Gasteiger charge is 2.42. The lowest BCUT2D eigenvalue weighted by molar-refractivity contribution is -0.322. The van der Waals surface area contributed by atoms with Crippen molar-refractivity contribution in [2.45, 2.75) is 5.60 Å². The van der Waals surface area contributed by atoms with Crippen molar-refractivity contribution in [3.8, 4) is 11.1 Å². The van der Waals surface area contributed by atoms with E-state index >= 15 is 0 Å². The Labute approximate surface area is 108 Å². The van der Waals surface area contributed by atoms with E-state index in [0.29, 0.717) is 21.7 Å². The highest BCUT2D eigenvalue weighted by Crippen LogP contribution is 2.47. The maximum Gasteiger partial charge on any atom is 0.155 e. The van der Waals surface area contributed by atoms with Gasteiger partial charge in [0.15, 0.2) is 5.60 Å². The molecule has 1 aliphatic rings. The van der Waals surface area contributed by atoms with Crippen LogP contribution in [0.15, 0.2) is 42.5 Å². The van der Waals surface area contributed by atoms with Gasteiger partial charge in [0.1, 0.15) is 0 Å². The lowest BCUT2D eigenvalue weighted by Gasteiger charge is -2.26. The molecular formula is C14H8ClO3-. The molecule has 1 atom stereocenters. The number of carboxylic acid groups (broad SMARTS) is 1. The Morgan fingerprint density at radius 3 is 2.50 bits per heavy atom. The predicted molar refractivity (Wildman–Crippen MR) is 64.9 cm³/mol. The molecule has 0 spiro atoms. The van der Waals surface area contributed by atoms with Gasteiger partial charge in [0.25, 0.3) is 0 Å². The maximum absolute atomic E-state index is 11.4. The average molecular weight is 260 g/mol. The first-order valence-electron chi connectivity index (χ1n) is 5.39. The zero-order valence-electron chi connectivity index (χ0n) is 9.18. The summed E-state index contributed by atoms with van der Waals surface area (Å²) in [6.45, 7) is 0. The minimum absolute atomic E-state index is 0.260. The highest BCUT2D eigenvalue weighted by molar-refractivity contribution is 6.30. The summed E-state index contributed by atoms with van der Waals surface area (Å²) < 4.78 is 0. The maximum atomic E-state index is 11.4. The third-order valence-corrected chi connectivity index (χ3v) is 3.51. The van der Waals surface area contributed by atoms with Gasteiger partial charge in [-0.05, 0) is 23.3 Å². The van der Waals surface area contributed by atoms with Gasteiger partial charge in [-0.2, -0.15) is 0 Å². The van der Waals surface area contributed by atoms with E-state index in [-0.39, 0.29) is 5.56 Å². The number of rotatable bonds is 1. The van der Waals surface area contributed by atoms with Crippen molar-refractivity contribution in [2.75, 3.05) is 0 Å². The van der Waals surface area contributed by atoms with E-state index in [9.17, 15) is 15.0 Å². The summed E-state index contributed by atoms with van der Waals surface area (Å²) in [6.07, 6.45) is 0. The first-order chi connectivity index (χ1) is 8.55. The smallest absolute Gasteiger partial charge is 0.155 e. The second kappa shape index (κ2) is 3.57. The van der Waals surface area contributed by atoms with Gasteiger partial charge in [-0.25, -0.2) is 0 Å². The average Bonchev–Trinajstić information content (AvgIpc) is 2.61. The normalized spacial score (nSPS) is 20.3. The number of hydrogen-bond acceptors (Lipinski definition) is 3. The van der Waals surface area contributed by atoms with E-state index in [1.807, 2.05) is 0 Å². The van der Waals surface area contributed by atoms with Crippen LogP contribution in [-0.2, 0) is 10.4 Å². The van der Waals surface area contributed by atoms with E-state index < -0.39 is 11.6 Å². The second-order valence-electron chi connectivity index (χ2n) is 4.23. The van der Waals surface area contributed by atoms with E-state index in [4.69, 9.17) is 11.6 Å². The molecule has 2 aromatic carbocycles. The van der Waals surface area contributed by atoms with Crippen molar-refractivity contribution in [1.82, 2.24) is 0 Å². The van der Waals surface area contributed by atoms with Crippen molar-refractivity contribution < 1.29 is 15.0 Å². The predicted octanol–water partition coefficient (Wildman–Crippen LogP) is 1.31. The SMILES string of the molecule is O=C([O-])[C@@]1(O)c2ccccc2-c2ccc(Cl)cc21. The number of halogens is 1. The van der Waals surface area contributed by atoms with E-state index in [2.05, 4.69) is 0 Å². The molecule has 0 fully saturated rings. The number of hydrogen-bond donors (Lipinski definition) is 1. The number of aliphatic carboxylic acids is 1. The summed E-state index contributed by atoms with van der Waals surface area (Å²) in [5.74, 6) is -1.55. The van der Waals surface area contributed by atoms with Crippen molar-refractivity contribution >= 4 is 17.6 Å². The summed E-state index contributed by atoms with van der Waals surface area (Å²) >= 11 is 5.87. The van der Waals surface area contributed by atoms with Gasteiger partial charge < -0.3 is 15.0 Å². The molecule has 4 heteroatoms. The molecule has 3 nitrogen and oxygen atoms in total. The van der Waals surface area contributed by atoms with E-state index in [0.717, 1.165) is 0 Å². The van der Waals surface area contributed by atoms with Crippen LogP contribution in [0.4, 0.5) is 0 Å². The van der Waals surface area contributed by atoms with Crippen LogP contribution in [0.25, 0.3) is 11.1 Å². The van der Waals surface area contributed by atoms with Gasteiger partial charge in [0.2, 0.25) is 0 Å². The first-order valence-corrected chi connectivity index (χ1v) is 5.76. The molecule has 0 amide bonds. The van der Waals surface area contributed by atoms with Crippen LogP contribution in [0, 0.1) is 0 Å². The van der Waals surface area contributed by atoms with Gasteiger partial charge >= 0.3 is 0 Å². The van der Waals surface area contributed by atoms with Crippen LogP contribution in [0.1, 0.15) is 11.1 Å². The Morgan fingerprint density at radius 1 is 1.11 bits per heavy atom. The lowest BCUT2D eigenvalue weighted by atomic mass is 9.92. The van der Waals surface area contributed by atoms with Crippen molar-refractivity contribution in [3.05, 3.63) is 58.6 Å². The van der Waals surface area contributed by atoms with Gasteiger partial charge in [-0.3, -0.25) is 0 Å². The Hall–Kier alpha value is -1.84. The van der Waals surface area contributed by atoms with Crippen LogP contribution in [0.2, 0.25) is 5.02 Å². The highest BCUT2D eigenvalue weighted by atomic mass is 35.5. The summed E-state index contributed by atoms with van der Waals surface area (Å²) in [5, 5.41) is 22.2. The number of carbonyl (C=O) groups excluding carboxylic acids is 1. The van der Waals surface area contributed by atoms with Crippen molar-refractivity contribution in [3.63, 3.8) is 0 Å². The number of carbonyl (C=O) groups is 1. The van der Waals surface area contributed by atoms with Gasteiger partial charge in [0.05, 0.1) is 5.97 Å². The van der Waals surface area contributed by atoms with Crippen molar-refractivity contribution in [2.24, 2.45) is 0 Å². The molecule has 0 saturated carbocycles. The number of carboxylic acids is 1. The molecule has 1 aliphatic carbocycles. The summed E-state index contributed by atoms with van der Waals surface area (Å²) in [6, 6.07) is 11.7. The Kier molecular flexibility index (Phi) is 2.24. The van der Waals surface area contributed by atoms with Crippen LogP contribution in [0.5, 0.6) is 0 Å². The lowest BCUT2D eigenvalue weighted by Crippen LogP contribution is -2.45. The van der Waals surface area contributed by atoms with E-state index in [1.165, 1.54) is 6.07 Å². The molecule has 2 aromatic rings. The monoisotopic (exact) mass is 259 g/mol. The molecule has 0 bridgehead atoms. The molecule has 0 heterocycles. The minimum atomic E-state index is -2.13. The fourth-order valence-electron chi connectivity index (χ4n) is 2.45. The van der Waals surface area contributed by atoms with Crippen molar-refractivity contribution in [1.29, 1.82) is 0 Å². The summed E-state index contributed by atoms with van der Waals surface area (Å²) in [7, 11) is 0. The van der Waals surface area contributed by atoms with Gasteiger partial charge in [-0.15, -0.1) is 0 Å². The zero-order valence-corrected chi connectivity index (χ0v) is 9.94. The summed E-state index contributed by atoms with van der Waals surface area (Å²) in [5.41, 5.74) is -0.187. The molecule has 0 aliphatic heterocycles. The van der Waals surface area contributed by atoms with Gasteiger partial charge in [0, 0.05) is 16.1 Å². The molecule has 3 rings (SSSR count). The zero-order chi connectivity index (χ0) is 12.9. The largest absolute Gasteiger partial charge is 0.546 e. The van der Waals surface area contributed by atoms with Crippen LogP contribution < -0.4 is 5.11 Å². The number of aliphatic hydroxyl groups is 1.